The van der Waals surface area contributed by atoms with Gasteiger partial charge in [-0.05, 0) is 167 Å². The Bertz CT molecular complexity index is 1450. The van der Waals surface area contributed by atoms with Gasteiger partial charge in [0.25, 0.3) is 0 Å². The third-order valence-electron chi connectivity index (χ3n) is 10.6. The maximum absolute atomic E-state index is 12.9. The van der Waals surface area contributed by atoms with E-state index >= 15 is 0 Å². The summed E-state index contributed by atoms with van der Waals surface area (Å²) in [6.07, 6.45) is 21.1. The van der Waals surface area contributed by atoms with E-state index in [-0.39, 0.29) is 19.3 Å². The first-order valence-corrected chi connectivity index (χ1v) is 23.9. The van der Waals surface area contributed by atoms with E-state index in [9.17, 15) is 13.2 Å². The molecule has 9 heteroatoms. The minimum atomic E-state index is -4.08. The standard InChI is InChI=1S/C19H24F3N3.C8H17N.C7H15N.C6H8S.C6H12.3C2H6/c1-14(2)15(3)7-8-17(23-4)25-13-9-16(24-25)6-5-10-18(11-12-18)19(20,21)22;1-7-5-8(2,3)9(4)6-7;1-6-4-7(2,3)8-5-6;7-6-4-2-1-3-5-6;1-3-5-6-4-2;3*1-2/h7-9,13H,1,4-6,10-12H2,2-3H3;7H,5-6H2,1-4H3;6,8H,4-5H2,1-3H3;2,4-5,7H,1,3H2;5-6H,3-4H2,1-2H3;3*1-2H3/b15-7+,17-8+;;;;6-5-;;;. The Morgan fingerprint density at radius 2 is 1.52 bits per heavy atom. The zero-order chi connectivity index (χ0) is 47.9. The third kappa shape index (κ3) is 27.9. The van der Waals surface area contributed by atoms with Gasteiger partial charge in [-0.15, -0.1) is 12.6 Å². The number of nitrogens with one attached hydrogen (secondary N) is 1. The monoisotopic (exact) mass is 878 g/mol. The molecule has 0 radical (unpaired) electrons. The van der Waals surface area contributed by atoms with Crippen molar-refractivity contribution >= 4 is 25.2 Å². The summed E-state index contributed by atoms with van der Waals surface area (Å²) in [4.78, 5) is 7.50. The second-order valence-corrected chi connectivity index (χ2v) is 17.7. The van der Waals surface area contributed by atoms with Gasteiger partial charge >= 0.3 is 6.18 Å². The molecule has 1 saturated carbocycles. The summed E-state index contributed by atoms with van der Waals surface area (Å²) in [5, 5.41) is 7.83. The van der Waals surface area contributed by atoms with Crippen molar-refractivity contribution in [1.29, 1.82) is 0 Å². The lowest BCUT2D eigenvalue weighted by molar-refractivity contribution is -0.189. The van der Waals surface area contributed by atoms with Crippen molar-refractivity contribution in [3.63, 3.8) is 0 Å². The first-order chi connectivity index (χ1) is 28.6. The predicted molar refractivity (Wildman–Crippen MR) is 271 cm³/mol. The molecule has 0 spiro atoms. The normalized spacial score (nSPS) is 20.6. The quantitative estimate of drug-likeness (QED) is 0.107. The molecule has 0 amide bonds. The number of nitrogens with zero attached hydrogens (tertiary/aromatic N) is 4. The van der Waals surface area contributed by atoms with Crippen molar-refractivity contribution in [3.8, 4) is 0 Å². The summed E-state index contributed by atoms with van der Waals surface area (Å²) in [5.41, 5.74) is 2.18. The van der Waals surface area contributed by atoms with Crippen LogP contribution in [0.3, 0.4) is 0 Å². The minimum Gasteiger partial charge on any atom is -0.312 e. The molecule has 1 aromatic rings. The molecule has 2 saturated heterocycles. The van der Waals surface area contributed by atoms with Crippen molar-refractivity contribution in [2.24, 2.45) is 22.2 Å². The molecule has 2 atom stereocenters. The van der Waals surface area contributed by atoms with Gasteiger partial charge in [0.05, 0.1) is 11.1 Å². The van der Waals surface area contributed by atoms with E-state index < -0.39 is 11.6 Å². The number of hydrogen-bond donors (Lipinski definition) is 2. The minimum absolute atomic E-state index is 0.173. The molecule has 4 aliphatic rings. The molecular weight excluding hydrogens is 784 g/mol. The molecule has 0 bridgehead atoms. The van der Waals surface area contributed by atoms with Gasteiger partial charge in [-0.25, -0.2) is 9.67 Å². The summed E-state index contributed by atoms with van der Waals surface area (Å²) in [6.45, 7) is 43.8. The van der Waals surface area contributed by atoms with E-state index in [1.54, 1.807) is 17.0 Å². The number of aryl methyl sites for hydroxylation is 1. The molecule has 1 aromatic heterocycles. The molecule has 5 rings (SSSR count). The van der Waals surface area contributed by atoms with Crippen LogP contribution < -0.4 is 5.32 Å². The highest BCUT2D eigenvalue weighted by Crippen LogP contribution is 2.60. The van der Waals surface area contributed by atoms with Gasteiger partial charge < -0.3 is 10.2 Å². The van der Waals surface area contributed by atoms with Crippen LogP contribution in [0.25, 0.3) is 5.82 Å². The van der Waals surface area contributed by atoms with Crippen LogP contribution in [0.5, 0.6) is 0 Å². The van der Waals surface area contributed by atoms with Gasteiger partial charge in [0.1, 0.15) is 0 Å². The Kier molecular flexibility index (Phi) is 34.8. The summed E-state index contributed by atoms with van der Waals surface area (Å²) < 4.78 is 40.4. The van der Waals surface area contributed by atoms with Gasteiger partial charge in [-0.2, -0.15) is 18.3 Å². The fourth-order valence-corrected chi connectivity index (χ4v) is 7.02. The number of allylic oxidation sites excluding steroid dienone is 9. The summed E-state index contributed by atoms with van der Waals surface area (Å²) in [6, 6.07) is 1.81. The Balaban J connectivity index is -0.000000764. The zero-order valence-electron chi connectivity index (χ0n) is 42.3. The molecule has 61 heavy (non-hydrogen) atoms. The van der Waals surface area contributed by atoms with Gasteiger partial charge in [-0.1, -0.05) is 118 Å². The molecule has 2 aliphatic carbocycles. The Hall–Kier alpha value is -2.62. The number of alkyl halides is 3. The van der Waals surface area contributed by atoms with Crippen LogP contribution in [-0.2, 0) is 6.42 Å². The average molecular weight is 878 g/mol. The lowest BCUT2D eigenvalue weighted by Crippen LogP contribution is -2.34. The highest BCUT2D eigenvalue weighted by atomic mass is 32.1. The summed E-state index contributed by atoms with van der Waals surface area (Å²) in [7, 11) is 2.21. The van der Waals surface area contributed by atoms with Crippen molar-refractivity contribution in [2.75, 3.05) is 20.1 Å². The van der Waals surface area contributed by atoms with E-state index in [1.165, 1.54) is 45.2 Å². The van der Waals surface area contributed by atoms with Gasteiger partial charge in [0.15, 0.2) is 5.82 Å². The largest absolute Gasteiger partial charge is 0.394 e. The molecule has 2 aliphatic heterocycles. The average Bonchev–Trinajstić information content (AvgIpc) is 3.67. The second-order valence-electron chi connectivity index (χ2n) is 17.2. The lowest BCUT2D eigenvalue weighted by Gasteiger charge is -2.26. The molecule has 3 fully saturated rings. The number of rotatable bonds is 10. The van der Waals surface area contributed by atoms with Crippen LogP contribution >= 0.6 is 12.6 Å². The van der Waals surface area contributed by atoms with E-state index in [1.807, 2.05) is 73.6 Å². The second kappa shape index (κ2) is 33.9. The molecule has 1 N–H and O–H groups in total. The van der Waals surface area contributed by atoms with Crippen molar-refractivity contribution < 1.29 is 13.2 Å². The predicted octanol–water partition coefficient (Wildman–Crippen LogP) is 16.3. The number of aromatic nitrogens is 2. The lowest BCUT2D eigenvalue weighted by atomic mass is 9.98. The number of hydrogen-bond acceptors (Lipinski definition) is 5. The molecule has 5 nitrogen and oxygen atoms in total. The van der Waals surface area contributed by atoms with Crippen molar-refractivity contribution in [1.82, 2.24) is 20.0 Å². The van der Waals surface area contributed by atoms with Crippen molar-refractivity contribution in [3.05, 3.63) is 83.1 Å². The number of halogens is 3. The molecule has 354 valence electrons. The molecular formula is C52H94F3N5S. The number of likely N-dealkylation sites (tertiary alicyclic amines) is 1. The van der Waals surface area contributed by atoms with E-state index in [0.29, 0.717) is 29.7 Å². The summed E-state index contributed by atoms with van der Waals surface area (Å²) in [5.74, 6) is 2.33. The van der Waals surface area contributed by atoms with E-state index in [2.05, 4.69) is 133 Å². The van der Waals surface area contributed by atoms with Crippen LogP contribution in [0, 0.1) is 17.3 Å². The smallest absolute Gasteiger partial charge is 0.312 e. The Labute approximate surface area is 381 Å². The topological polar surface area (TPSA) is 45.5 Å². The maximum Gasteiger partial charge on any atom is 0.394 e. The maximum atomic E-state index is 12.9. The van der Waals surface area contributed by atoms with Gasteiger partial charge in [-0.3, -0.25) is 0 Å². The first-order valence-electron chi connectivity index (χ1n) is 23.4. The molecule has 0 aromatic carbocycles. The van der Waals surface area contributed by atoms with Crippen LogP contribution in [0.15, 0.2) is 82.4 Å². The summed E-state index contributed by atoms with van der Waals surface area (Å²) >= 11 is 4.14. The molecule has 2 unspecified atom stereocenters. The van der Waals surface area contributed by atoms with Gasteiger partial charge in [0, 0.05) is 23.8 Å². The number of aliphatic imine (C=N–C) groups is 1. The van der Waals surface area contributed by atoms with E-state index in [0.717, 1.165) is 40.0 Å². The first kappa shape index (κ1) is 62.7. The third-order valence-corrected chi connectivity index (χ3v) is 10.9. The number of thiol groups is 1. The van der Waals surface area contributed by atoms with Crippen molar-refractivity contribution in [2.45, 2.75) is 199 Å². The highest BCUT2D eigenvalue weighted by molar-refractivity contribution is 7.84. The Morgan fingerprint density at radius 3 is 1.82 bits per heavy atom. The van der Waals surface area contributed by atoms with Crippen LogP contribution in [0.1, 0.15) is 181 Å². The highest BCUT2D eigenvalue weighted by Gasteiger charge is 2.62. The Morgan fingerprint density at radius 1 is 0.951 bits per heavy atom. The SMILES string of the molecule is C=N/C(=C\C=C(/C)C(=C)C)n1ccc(CCCC2(C(F)(F)F)CC2)n1.CC.CC.CC.CC/C=C\CC.CC1CN(C)C(C)(C)C1.CC1CNC(C)(C)C1.SC1=CCCC=C1. The van der Waals surface area contributed by atoms with Gasteiger partial charge in [0.2, 0.25) is 0 Å². The zero-order valence-corrected chi connectivity index (χ0v) is 43.2. The van der Waals surface area contributed by atoms with Crippen LogP contribution in [0.2, 0.25) is 0 Å². The fourth-order valence-electron chi connectivity index (χ4n) is 6.79. The van der Waals surface area contributed by atoms with E-state index in [4.69, 9.17) is 0 Å². The molecule has 3 heterocycles. The van der Waals surface area contributed by atoms with Crippen LogP contribution in [-0.4, -0.2) is 58.8 Å². The fraction of sp³-hybridized carbons (Fsp3) is 0.692. The van der Waals surface area contributed by atoms with Crippen LogP contribution in [0.4, 0.5) is 13.2 Å².